The van der Waals surface area contributed by atoms with Crippen molar-refractivity contribution in [3.63, 3.8) is 0 Å². The molecule has 0 saturated carbocycles. The molecule has 0 aliphatic carbocycles. The fourth-order valence-electron chi connectivity index (χ4n) is 6.80. The number of allylic oxidation sites excluding steroid dienone is 1. The maximum Gasteiger partial charge on any atom is 0.311 e. The van der Waals surface area contributed by atoms with Crippen molar-refractivity contribution < 1.29 is 45.2 Å². The Balaban J connectivity index is 1.34. The number of azo groups is 2. The van der Waals surface area contributed by atoms with Gasteiger partial charge in [0.05, 0.1) is 22.7 Å². The summed E-state index contributed by atoms with van der Waals surface area (Å²) in [6, 6.07) is 21.3. The van der Waals surface area contributed by atoms with Gasteiger partial charge in [-0.2, -0.15) is 42.2 Å². The van der Waals surface area contributed by atoms with E-state index in [1.165, 1.54) is 101 Å². The number of ether oxygens (including phenoxy) is 1. The lowest BCUT2D eigenvalue weighted by molar-refractivity contribution is -0.295. The molecular formula is C50H64N4O10S2. The van der Waals surface area contributed by atoms with Gasteiger partial charge in [-0.1, -0.05) is 140 Å². The Morgan fingerprint density at radius 2 is 0.970 bits per heavy atom. The third-order valence-corrected chi connectivity index (χ3v) is 12.4. The van der Waals surface area contributed by atoms with Gasteiger partial charge in [0.1, 0.15) is 27.4 Å². The molecule has 1 unspecified atom stereocenters. The molecule has 0 spiro atoms. The molecule has 16 heteroatoms. The molecule has 14 nitrogen and oxygen atoms in total. The molecule has 0 aromatic heterocycles. The summed E-state index contributed by atoms with van der Waals surface area (Å²) < 4.78 is 75.4. The van der Waals surface area contributed by atoms with E-state index in [2.05, 4.69) is 40.9 Å². The van der Waals surface area contributed by atoms with Gasteiger partial charge in [-0.3, -0.25) is 13.9 Å². The fraction of sp³-hybridized carbons (Fsp3) is 0.420. The Kier molecular flexibility index (Phi) is 22.5. The van der Waals surface area contributed by atoms with Crippen LogP contribution < -0.4 is 4.74 Å². The molecule has 66 heavy (non-hydrogen) atoms. The van der Waals surface area contributed by atoms with Crippen molar-refractivity contribution in [2.24, 2.45) is 20.5 Å². The van der Waals surface area contributed by atoms with E-state index in [1.807, 2.05) is 6.92 Å². The number of rotatable bonds is 30. The molecule has 0 fully saturated rings. The summed E-state index contributed by atoms with van der Waals surface area (Å²) in [6.07, 6.45) is 20.6. The largest absolute Gasteiger partial charge is 0.427 e. The van der Waals surface area contributed by atoms with Crippen molar-refractivity contribution in [1.29, 1.82) is 0 Å². The summed E-state index contributed by atoms with van der Waals surface area (Å²) in [7, 11) is -9.57. The first-order valence-electron chi connectivity index (χ1n) is 22.8. The SMILES string of the molecule is C=C(CCCCCCCC)OOC(C)c1ccc(N=Nc2ccc(/C=C\c3ccc(N=Nc4ccc(OC(=O)CCCCCCCCCCC)cc4)cc3S(=O)(=O)O)c(S(=O)(=O)O)c2)cc1. The average Bonchev–Trinajstić information content (AvgIpc) is 3.29. The van der Waals surface area contributed by atoms with E-state index in [0.717, 1.165) is 56.2 Å². The van der Waals surface area contributed by atoms with E-state index >= 15 is 0 Å². The summed E-state index contributed by atoms with van der Waals surface area (Å²) in [6.45, 7) is 10.2. The molecule has 0 aliphatic rings. The first kappa shape index (κ1) is 53.2. The predicted molar refractivity (Wildman–Crippen MR) is 258 cm³/mol. The van der Waals surface area contributed by atoms with Crippen LogP contribution in [0.25, 0.3) is 12.2 Å². The second-order valence-electron chi connectivity index (χ2n) is 16.1. The number of carbonyl (C=O) groups is 1. The number of carbonyl (C=O) groups excluding carboxylic acids is 1. The van der Waals surface area contributed by atoms with Crippen molar-refractivity contribution in [3.05, 3.63) is 114 Å². The fourth-order valence-corrected chi connectivity index (χ4v) is 8.21. The van der Waals surface area contributed by atoms with Crippen molar-refractivity contribution in [3.8, 4) is 5.75 Å². The van der Waals surface area contributed by atoms with E-state index in [1.54, 1.807) is 48.5 Å². The molecule has 356 valence electrons. The van der Waals surface area contributed by atoms with Gasteiger partial charge in [-0.15, -0.1) is 0 Å². The highest BCUT2D eigenvalue weighted by molar-refractivity contribution is 7.86. The minimum atomic E-state index is -4.79. The lowest BCUT2D eigenvalue weighted by Crippen LogP contribution is -2.07. The van der Waals surface area contributed by atoms with Gasteiger partial charge >= 0.3 is 5.97 Å². The lowest BCUT2D eigenvalue weighted by Gasteiger charge is -2.14. The van der Waals surface area contributed by atoms with Crippen LogP contribution in [0.1, 0.15) is 153 Å². The van der Waals surface area contributed by atoms with Crippen molar-refractivity contribution >= 4 is 61.1 Å². The van der Waals surface area contributed by atoms with E-state index in [4.69, 9.17) is 14.5 Å². The molecule has 4 aromatic rings. The Bertz CT molecular complexity index is 2470. The minimum Gasteiger partial charge on any atom is -0.427 e. The van der Waals surface area contributed by atoms with Crippen LogP contribution in [0.15, 0.2) is 128 Å². The smallest absolute Gasteiger partial charge is 0.311 e. The number of hydrogen-bond acceptors (Lipinski definition) is 12. The summed E-state index contributed by atoms with van der Waals surface area (Å²) in [4.78, 5) is 22.3. The van der Waals surface area contributed by atoms with Crippen molar-refractivity contribution in [2.45, 2.75) is 146 Å². The van der Waals surface area contributed by atoms with Crippen molar-refractivity contribution in [2.75, 3.05) is 0 Å². The van der Waals surface area contributed by atoms with E-state index in [0.29, 0.717) is 29.3 Å². The highest BCUT2D eigenvalue weighted by atomic mass is 32.2. The molecule has 4 aromatic carbocycles. The summed E-state index contributed by atoms with van der Waals surface area (Å²) in [5.41, 5.74) is 1.91. The van der Waals surface area contributed by atoms with Crippen molar-refractivity contribution in [1.82, 2.24) is 0 Å². The standard InChI is InChI=1S/C50H64N4O10S2/c1-5-7-9-11-13-14-15-17-19-21-50(55)62-47-34-32-44(33-35-47)52-54-46-31-27-42(49(37-46)66(59,60)61)23-22-41-26-30-45(36-48(41)65(56,57)58)53-51-43-28-24-40(25-29-43)39(4)64-63-38(3)20-18-16-12-10-8-6-2/h22-37,39H,3,5-21H2,1-2,4H3,(H,56,57,58)(H,59,60,61)/b23-22-,53-51?,54-52?. The molecule has 0 bridgehead atoms. The zero-order valence-corrected chi connectivity index (χ0v) is 39.9. The summed E-state index contributed by atoms with van der Waals surface area (Å²) in [5.74, 6) is 0.627. The number of benzene rings is 4. The van der Waals surface area contributed by atoms with Gasteiger partial charge in [0.25, 0.3) is 20.2 Å². The molecule has 0 saturated heterocycles. The first-order chi connectivity index (χ1) is 31.7. The van der Waals surface area contributed by atoms with Gasteiger partial charge in [-0.25, -0.2) is 0 Å². The van der Waals surface area contributed by atoms with Crippen LogP contribution in [0, 0.1) is 0 Å². The number of unbranched alkanes of at least 4 members (excludes halogenated alkanes) is 13. The molecule has 2 N–H and O–H groups in total. The third kappa shape index (κ3) is 19.6. The second kappa shape index (κ2) is 27.9. The highest BCUT2D eigenvalue weighted by Crippen LogP contribution is 2.30. The highest BCUT2D eigenvalue weighted by Gasteiger charge is 2.18. The molecule has 1 atom stereocenters. The maximum absolute atomic E-state index is 12.5. The molecule has 4 rings (SSSR count). The first-order valence-corrected chi connectivity index (χ1v) is 25.7. The molecular weight excluding hydrogens is 881 g/mol. The van der Waals surface area contributed by atoms with E-state index < -0.39 is 30.0 Å². The summed E-state index contributed by atoms with van der Waals surface area (Å²) >= 11 is 0. The zero-order chi connectivity index (χ0) is 47.8. The molecule has 0 radical (unpaired) electrons. The number of nitrogens with zero attached hydrogens (tertiary/aromatic N) is 4. The Morgan fingerprint density at radius 1 is 0.576 bits per heavy atom. The minimum absolute atomic E-state index is 0.00269. The number of hydrogen-bond donors (Lipinski definition) is 2. The van der Waals surface area contributed by atoms with Crippen LogP contribution in [-0.2, 0) is 34.8 Å². The maximum atomic E-state index is 12.5. The number of esters is 1. The quantitative estimate of drug-likeness (QED) is 0.00582. The van der Waals surface area contributed by atoms with Crippen LogP contribution in [-0.4, -0.2) is 31.9 Å². The average molecular weight is 945 g/mol. The van der Waals surface area contributed by atoms with Gasteiger partial charge in [-0.05, 0) is 97.1 Å². The van der Waals surface area contributed by atoms with Crippen LogP contribution >= 0.6 is 0 Å². The molecule has 0 heterocycles. The Labute approximate surface area is 390 Å². The van der Waals surface area contributed by atoms with Crippen LogP contribution in [0.5, 0.6) is 5.75 Å². The van der Waals surface area contributed by atoms with Crippen LogP contribution in [0.3, 0.4) is 0 Å². The second-order valence-corrected chi connectivity index (χ2v) is 18.9. The van der Waals surface area contributed by atoms with E-state index in [-0.39, 0.29) is 34.6 Å². The van der Waals surface area contributed by atoms with Gasteiger partial charge in [0, 0.05) is 12.8 Å². The lowest BCUT2D eigenvalue weighted by atomic mass is 10.1. The Morgan fingerprint density at radius 3 is 1.42 bits per heavy atom. The predicted octanol–water partition coefficient (Wildman–Crippen LogP) is 15.3. The van der Waals surface area contributed by atoms with E-state index in [9.17, 15) is 30.7 Å². The molecule has 0 amide bonds. The van der Waals surface area contributed by atoms with Crippen LogP contribution in [0.2, 0.25) is 0 Å². The molecule has 0 aliphatic heterocycles. The third-order valence-electron chi connectivity index (χ3n) is 10.6. The van der Waals surface area contributed by atoms with Gasteiger partial charge < -0.3 is 9.62 Å². The monoisotopic (exact) mass is 944 g/mol. The summed E-state index contributed by atoms with van der Waals surface area (Å²) in [5, 5.41) is 16.6. The van der Waals surface area contributed by atoms with Gasteiger partial charge in [0.2, 0.25) is 0 Å². The topological polar surface area (TPSA) is 203 Å². The van der Waals surface area contributed by atoms with Gasteiger partial charge in [0.15, 0.2) is 0 Å². The normalized spacial score (nSPS) is 12.6. The van der Waals surface area contributed by atoms with Crippen LogP contribution in [0.4, 0.5) is 22.7 Å². The Hall–Kier alpha value is -5.39. The zero-order valence-electron chi connectivity index (χ0n) is 38.3.